The van der Waals surface area contributed by atoms with E-state index in [0.717, 1.165) is 31.5 Å². The van der Waals surface area contributed by atoms with Crippen molar-refractivity contribution in [3.63, 3.8) is 0 Å². The molecule has 0 saturated carbocycles. The Hall–Kier alpha value is -0.780. The summed E-state index contributed by atoms with van der Waals surface area (Å²) in [6.45, 7) is 7.55. The Labute approximate surface area is 123 Å². The summed E-state index contributed by atoms with van der Waals surface area (Å²) in [5, 5.41) is 10.2. The van der Waals surface area contributed by atoms with Gasteiger partial charge in [-0.1, -0.05) is 24.8 Å². The molecule has 2 heterocycles. The van der Waals surface area contributed by atoms with Gasteiger partial charge in [-0.25, -0.2) is 0 Å². The van der Waals surface area contributed by atoms with Gasteiger partial charge in [-0.15, -0.1) is 16.4 Å². The standard InChI is InChI=1S/C14H21N3S2/c1-4-6-12-14(19-17-16-12)13(15-7-5-2)11-8-10(3)18-9-11/h8-9,13,15H,4-7H2,1-3H3. The normalized spacial score (nSPS) is 12.8. The van der Waals surface area contributed by atoms with E-state index in [0.29, 0.717) is 0 Å². The zero-order chi connectivity index (χ0) is 13.7. The molecule has 0 aliphatic rings. The minimum atomic E-state index is 0.256. The van der Waals surface area contributed by atoms with Gasteiger partial charge in [0, 0.05) is 4.88 Å². The molecule has 19 heavy (non-hydrogen) atoms. The van der Waals surface area contributed by atoms with Gasteiger partial charge in [0.2, 0.25) is 0 Å². The monoisotopic (exact) mass is 295 g/mol. The maximum atomic E-state index is 4.30. The van der Waals surface area contributed by atoms with E-state index >= 15 is 0 Å². The Morgan fingerprint density at radius 3 is 2.79 bits per heavy atom. The molecule has 0 bridgehead atoms. The first-order valence-electron chi connectivity index (χ1n) is 6.85. The molecule has 104 valence electrons. The molecule has 1 N–H and O–H groups in total. The fourth-order valence-corrected chi connectivity index (χ4v) is 3.64. The van der Waals surface area contributed by atoms with E-state index in [2.05, 4.69) is 47.1 Å². The maximum Gasteiger partial charge on any atom is 0.0807 e. The van der Waals surface area contributed by atoms with Gasteiger partial charge in [-0.05, 0) is 54.9 Å². The minimum absolute atomic E-state index is 0.256. The zero-order valence-electron chi connectivity index (χ0n) is 11.8. The van der Waals surface area contributed by atoms with Gasteiger partial charge in [0.25, 0.3) is 0 Å². The van der Waals surface area contributed by atoms with Gasteiger partial charge in [-0.2, -0.15) is 0 Å². The van der Waals surface area contributed by atoms with E-state index in [1.807, 2.05) is 0 Å². The van der Waals surface area contributed by atoms with Crippen LogP contribution in [0.25, 0.3) is 0 Å². The number of rotatable bonds is 7. The zero-order valence-corrected chi connectivity index (χ0v) is 13.4. The second-order valence-electron chi connectivity index (χ2n) is 4.71. The molecule has 1 unspecified atom stereocenters. The molecule has 0 radical (unpaired) electrons. The lowest BCUT2D eigenvalue weighted by Crippen LogP contribution is -2.23. The Bertz CT molecular complexity index is 504. The molecule has 0 fully saturated rings. The molecule has 0 saturated heterocycles. The molecule has 0 aliphatic heterocycles. The van der Waals surface area contributed by atoms with Crippen LogP contribution in [0.2, 0.25) is 0 Å². The minimum Gasteiger partial charge on any atom is -0.305 e. The van der Waals surface area contributed by atoms with Crippen molar-refractivity contribution in [1.29, 1.82) is 0 Å². The van der Waals surface area contributed by atoms with Crippen LogP contribution in [0.3, 0.4) is 0 Å². The molecule has 0 spiro atoms. The van der Waals surface area contributed by atoms with Gasteiger partial charge in [-0.3, -0.25) is 0 Å². The first kappa shape index (κ1) is 14.6. The average molecular weight is 295 g/mol. The number of hydrogen-bond donors (Lipinski definition) is 1. The van der Waals surface area contributed by atoms with Crippen molar-refractivity contribution in [2.24, 2.45) is 0 Å². The van der Waals surface area contributed by atoms with E-state index in [1.54, 1.807) is 11.3 Å². The molecule has 2 aromatic heterocycles. The molecule has 0 amide bonds. The van der Waals surface area contributed by atoms with Gasteiger partial charge in [0.1, 0.15) is 0 Å². The van der Waals surface area contributed by atoms with Gasteiger partial charge < -0.3 is 5.32 Å². The third-order valence-electron chi connectivity index (χ3n) is 3.02. The third kappa shape index (κ3) is 3.61. The third-order valence-corrected chi connectivity index (χ3v) is 4.73. The molecule has 0 aromatic carbocycles. The van der Waals surface area contributed by atoms with Crippen LogP contribution in [0.4, 0.5) is 0 Å². The average Bonchev–Trinajstić information content (AvgIpc) is 3.01. The molecular weight excluding hydrogens is 274 g/mol. The van der Waals surface area contributed by atoms with Crippen molar-refractivity contribution in [2.45, 2.75) is 46.1 Å². The van der Waals surface area contributed by atoms with Gasteiger partial charge in [0.15, 0.2) is 0 Å². The summed E-state index contributed by atoms with van der Waals surface area (Å²) in [4.78, 5) is 2.64. The molecule has 2 aromatic rings. The summed E-state index contributed by atoms with van der Waals surface area (Å²) in [7, 11) is 0. The van der Waals surface area contributed by atoms with Crippen LogP contribution in [-0.2, 0) is 6.42 Å². The smallest absolute Gasteiger partial charge is 0.0807 e. The van der Waals surface area contributed by atoms with Crippen LogP contribution in [0.5, 0.6) is 0 Å². The van der Waals surface area contributed by atoms with E-state index in [4.69, 9.17) is 0 Å². The molecule has 3 nitrogen and oxygen atoms in total. The number of aromatic nitrogens is 2. The predicted octanol–water partition coefficient (Wildman–Crippen LogP) is 3.95. The van der Waals surface area contributed by atoms with Crippen LogP contribution in [0.15, 0.2) is 11.4 Å². The van der Waals surface area contributed by atoms with Gasteiger partial charge >= 0.3 is 0 Å². The summed E-state index contributed by atoms with van der Waals surface area (Å²) in [5.74, 6) is 0. The van der Waals surface area contributed by atoms with Crippen molar-refractivity contribution < 1.29 is 0 Å². The highest BCUT2D eigenvalue weighted by molar-refractivity contribution is 7.10. The Balaban J connectivity index is 2.28. The second kappa shape index (κ2) is 7.12. The summed E-state index contributed by atoms with van der Waals surface area (Å²) in [6, 6.07) is 2.53. The Kier molecular flexibility index (Phi) is 5.48. The predicted molar refractivity (Wildman–Crippen MR) is 83.1 cm³/mol. The first-order valence-corrected chi connectivity index (χ1v) is 8.51. The molecular formula is C14H21N3S2. The maximum absolute atomic E-state index is 4.30. The van der Waals surface area contributed by atoms with E-state index < -0.39 is 0 Å². The lowest BCUT2D eigenvalue weighted by Gasteiger charge is -2.16. The van der Waals surface area contributed by atoms with Crippen LogP contribution in [-0.4, -0.2) is 16.1 Å². The summed E-state index contributed by atoms with van der Waals surface area (Å²) < 4.78 is 4.16. The number of nitrogens with one attached hydrogen (secondary N) is 1. The molecule has 5 heteroatoms. The van der Waals surface area contributed by atoms with Crippen LogP contribution < -0.4 is 5.32 Å². The van der Waals surface area contributed by atoms with E-state index in [-0.39, 0.29) is 6.04 Å². The number of nitrogens with zero attached hydrogens (tertiary/aromatic N) is 2. The SMILES string of the molecule is CCCNC(c1csc(C)c1)c1snnc1CCC. The lowest BCUT2D eigenvalue weighted by atomic mass is 10.1. The largest absolute Gasteiger partial charge is 0.305 e. The highest BCUT2D eigenvalue weighted by Gasteiger charge is 2.21. The van der Waals surface area contributed by atoms with Crippen molar-refractivity contribution in [1.82, 2.24) is 14.9 Å². The molecule has 2 rings (SSSR count). The fourth-order valence-electron chi connectivity index (χ4n) is 2.11. The molecule has 1 atom stereocenters. The van der Waals surface area contributed by atoms with Crippen molar-refractivity contribution in [3.8, 4) is 0 Å². The summed E-state index contributed by atoms with van der Waals surface area (Å²) >= 11 is 3.34. The van der Waals surface area contributed by atoms with Crippen LogP contribution in [0, 0.1) is 6.92 Å². The number of thiophene rings is 1. The summed E-state index contributed by atoms with van der Waals surface area (Å²) in [5.41, 5.74) is 2.50. The number of aryl methyl sites for hydroxylation is 2. The highest BCUT2D eigenvalue weighted by atomic mass is 32.1. The quantitative estimate of drug-likeness (QED) is 0.840. The van der Waals surface area contributed by atoms with Crippen LogP contribution in [0.1, 0.15) is 53.7 Å². The molecule has 0 aliphatic carbocycles. The lowest BCUT2D eigenvalue weighted by molar-refractivity contribution is 0.600. The second-order valence-corrected chi connectivity index (χ2v) is 6.61. The highest BCUT2D eigenvalue weighted by Crippen LogP contribution is 2.30. The van der Waals surface area contributed by atoms with Crippen LogP contribution >= 0.6 is 22.9 Å². The Morgan fingerprint density at radius 1 is 1.32 bits per heavy atom. The fraction of sp³-hybridized carbons (Fsp3) is 0.571. The van der Waals surface area contributed by atoms with Crippen molar-refractivity contribution >= 4 is 22.9 Å². The van der Waals surface area contributed by atoms with Crippen molar-refractivity contribution in [3.05, 3.63) is 32.5 Å². The van der Waals surface area contributed by atoms with E-state index in [9.17, 15) is 0 Å². The van der Waals surface area contributed by atoms with Crippen molar-refractivity contribution in [2.75, 3.05) is 6.54 Å². The van der Waals surface area contributed by atoms with E-state index in [1.165, 1.54) is 26.9 Å². The topological polar surface area (TPSA) is 37.8 Å². The first-order chi connectivity index (χ1) is 9.26. The Morgan fingerprint density at radius 2 is 2.16 bits per heavy atom. The summed E-state index contributed by atoms with van der Waals surface area (Å²) in [6.07, 6.45) is 3.26. The number of hydrogen-bond acceptors (Lipinski definition) is 5. The van der Waals surface area contributed by atoms with Gasteiger partial charge in [0.05, 0.1) is 16.6 Å².